The summed E-state index contributed by atoms with van der Waals surface area (Å²) in [7, 11) is 1.85. The van der Waals surface area contributed by atoms with Crippen LogP contribution in [0.5, 0.6) is 0 Å². The SMILES string of the molecule is CCc1cccc(C)c1NC(=O)CSc1nnc([C@H](CC(C)C)NC(=O)c2ccccc2Cl)n1C. The van der Waals surface area contributed by atoms with Crippen LogP contribution in [0.1, 0.15) is 60.5 Å². The molecule has 3 aromatic rings. The Labute approximate surface area is 216 Å². The molecule has 0 saturated heterocycles. The van der Waals surface area contributed by atoms with E-state index in [9.17, 15) is 9.59 Å². The highest BCUT2D eigenvalue weighted by Crippen LogP contribution is 2.26. The van der Waals surface area contributed by atoms with E-state index in [-0.39, 0.29) is 23.6 Å². The third-order valence-electron chi connectivity index (χ3n) is 5.65. The van der Waals surface area contributed by atoms with Crippen LogP contribution < -0.4 is 10.6 Å². The number of nitrogens with one attached hydrogen (secondary N) is 2. The Morgan fingerprint density at radius 2 is 1.86 bits per heavy atom. The minimum atomic E-state index is -0.349. The molecule has 9 heteroatoms. The van der Waals surface area contributed by atoms with Gasteiger partial charge in [-0.05, 0) is 48.9 Å². The quantitative estimate of drug-likeness (QED) is 0.345. The number of rotatable bonds is 10. The number of nitrogens with zero attached hydrogens (tertiary/aromatic N) is 3. The summed E-state index contributed by atoms with van der Waals surface area (Å²) in [6, 6.07) is 12.6. The first-order chi connectivity index (χ1) is 16.7. The van der Waals surface area contributed by atoms with Gasteiger partial charge in [-0.3, -0.25) is 9.59 Å². The number of carbonyl (C=O) groups is 2. The molecule has 0 aliphatic rings. The standard InChI is InChI=1S/C26H32ClN5O2S/c1-6-18-11-9-10-17(4)23(18)29-22(33)15-35-26-31-30-24(32(26)5)21(14-16(2)3)28-25(34)19-12-7-8-13-20(19)27/h7-13,16,21H,6,14-15H2,1-5H3,(H,28,34)(H,29,33)/t21-/m0/s1. The van der Waals surface area contributed by atoms with Crippen LogP contribution in [0.25, 0.3) is 0 Å². The topological polar surface area (TPSA) is 88.9 Å². The first-order valence-electron chi connectivity index (χ1n) is 11.7. The molecule has 1 atom stereocenters. The monoisotopic (exact) mass is 513 g/mol. The molecule has 7 nitrogen and oxygen atoms in total. The van der Waals surface area contributed by atoms with Crippen LogP contribution in [0.15, 0.2) is 47.6 Å². The van der Waals surface area contributed by atoms with Gasteiger partial charge < -0.3 is 15.2 Å². The first kappa shape index (κ1) is 26.8. The maximum Gasteiger partial charge on any atom is 0.253 e. The Balaban J connectivity index is 1.71. The van der Waals surface area contributed by atoms with Gasteiger partial charge in [-0.25, -0.2) is 0 Å². The molecule has 2 amide bonds. The van der Waals surface area contributed by atoms with Crippen molar-refractivity contribution in [3.63, 3.8) is 0 Å². The number of carbonyl (C=O) groups excluding carboxylic acids is 2. The fourth-order valence-corrected chi connectivity index (χ4v) is 4.78. The Morgan fingerprint density at radius 1 is 1.11 bits per heavy atom. The van der Waals surface area contributed by atoms with Gasteiger partial charge in [0.25, 0.3) is 5.91 Å². The fourth-order valence-electron chi connectivity index (χ4n) is 3.84. The Morgan fingerprint density at radius 3 is 2.54 bits per heavy atom. The summed E-state index contributed by atoms with van der Waals surface area (Å²) in [5, 5.41) is 15.7. The fraction of sp³-hybridized carbons (Fsp3) is 0.385. The molecule has 2 aromatic carbocycles. The summed E-state index contributed by atoms with van der Waals surface area (Å²) < 4.78 is 1.84. The Hall–Kier alpha value is -2.84. The summed E-state index contributed by atoms with van der Waals surface area (Å²) in [6.45, 7) is 8.23. The van der Waals surface area contributed by atoms with Crippen LogP contribution in [-0.2, 0) is 18.3 Å². The van der Waals surface area contributed by atoms with Crippen LogP contribution in [0.3, 0.4) is 0 Å². The van der Waals surface area contributed by atoms with Crippen molar-refractivity contribution in [2.75, 3.05) is 11.1 Å². The lowest BCUT2D eigenvalue weighted by molar-refractivity contribution is -0.113. The van der Waals surface area contributed by atoms with E-state index in [0.29, 0.717) is 33.9 Å². The lowest BCUT2D eigenvalue weighted by Gasteiger charge is -2.20. The summed E-state index contributed by atoms with van der Waals surface area (Å²) in [5.74, 6) is 0.780. The third kappa shape index (κ3) is 6.86. The number of benzene rings is 2. The van der Waals surface area contributed by atoms with Gasteiger partial charge in [0.15, 0.2) is 11.0 Å². The van der Waals surface area contributed by atoms with E-state index in [1.165, 1.54) is 11.8 Å². The first-order valence-corrected chi connectivity index (χ1v) is 13.0. The number of aryl methyl sites for hydroxylation is 2. The summed E-state index contributed by atoms with van der Waals surface area (Å²) >= 11 is 7.52. The normalized spacial score (nSPS) is 12.0. The number of anilines is 1. The van der Waals surface area contributed by atoms with Gasteiger partial charge in [0.05, 0.1) is 22.4 Å². The van der Waals surface area contributed by atoms with Crippen LogP contribution >= 0.6 is 23.4 Å². The van der Waals surface area contributed by atoms with Crippen molar-refractivity contribution < 1.29 is 9.59 Å². The van der Waals surface area contributed by atoms with Crippen molar-refractivity contribution in [3.05, 3.63) is 70.0 Å². The minimum absolute atomic E-state index is 0.102. The highest BCUT2D eigenvalue weighted by atomic mass is 35.5. The molecular weight excluding hydrogens is 482 g/mol. The minimum Gasteiger partial charge on any atom is -0.342 e. The van der Waals surface area contributed by atoms with Gasteiger partial charge >= 0.3 is 0 Å². The van der Waals surface area contributed by atoms with Gasteiger partial charge in [0.2, 0.25) is 5.91 Å². The average molecular weight is 514 g/mol. The van der Waals surface area contributed by atoms with Crippen molar-refractivity contribution in [1.29, 1.82) is 0 Å². The molecule has 1 aromatic heterocycles. The highest BCUT2D eigenvalue weighted by Gasteiger charge is 2.24. The van der Waals surface area contributed by atoms with Crippen molar-refractivity contribution in [2.24, 2.45) is 13.0 Å². The smallest absolute Gasteiger partial charge is 0.253 e. The Kier molecular flexibility index (Phi) is 9.34. The lowest BCUT2D eigenvalue weighted by atomic mass is 10.0. The number of amides is 2. The van der Waals surface area contributed by atoms with Gasteiger partial charge in [-0.15, -0.1) is 10.2 Å². The molecule has 0 spiro atoms. The van der Waals surface area contributed by atoms with E-state index in [0.717, 1.165) is 23.2 Å². The zero-order valence-electron chi connectivity index (χ0n) is 20.8. The van der Waals surface area contributed by atoms with Crippen molar-refractivity contribution in [1.82, 2.24) is 20.1 Å². The number of aromatic nitrogens is 3. The van der Waals surface area contributed by atoms with E-state index in [1.807, 2.05) is 36.7 Å². The molecule has 186 valence electrons. The van der Waals surface area contributed by atoms with E-state index in [1.54, 1.807) is 24.3 Å². The maximum atomic E-state index is 12.9. The number of para-hydroxylation sites is 1. The Bertz CT molecular complexity index is 1190. The molecule has 3 rings (SSSR count). The number of thioether (sulfide) groups is 1. The second-order valence-corrected chi connectivity index (χ2v) is 10.2. The van der Waals surface area contributed by atoms with Crippen molar-refractivity contribution >= 4 is 40.9 Å². The van der Waals surface area contributed by atoms with Crippen LogP contribution in [0.4, 0.5) is 5.69 Å². The van der Waals surface area contributed by atoms with Crippen LogP contribution in [-0.4, -0.2) is 32.3 Å². The molecule has 0 saturated carbocycles. The molecule has 0 aliphatic carbocycles. The zero-order chi connectivity index (χ0) is 25.5. The average Bonchev–Trinajstić information content (AvgIpc) is 3.18. The molecule has 0 bridgehead atoms. The van der Waals surface area contributed by atoms with Gasteiger partial charge in [-0.1, -0.05) is 74.5 Å². The summed E-state index contributed by atoms with van der Waals surface area (Å²) in [6.07, 6.45) is 1.52. The molecule has 0 aliphatic heterocycles. The summed E-state index contributed by atoms with van der Waals surface area (Å²) in [5.41, 5.74) is 3.43. The number of hydrogen-bond acceptors (Lipinski definition) is 5. The molecule has 2 N–H and O–H groups in total. The van der Waals surface area contributed by atoms with Gasteiger partial charge in [0.1, 0.15) is 0 Å². The predicted octanol–water partition coefficient (Wildman–Crippen LogP) is 5.59. The second kappa shape index (κ2) is 12.2. The van der Waals surface area contributed by atoms with E-state index in [2.05, 4.69) is 41.6 Å². The largest absolute Gasteiger partial charge is 0.342 e. The van der Waals surface area contributed by atoms with Crippen LogP contribution in [0.2, 0.25) is 5.02 Å². The van der Waals surface area contributed by atoms with E-state index >= 15 is 0 Å². The molecule has 0 radical (unpaired) electrons. The maximum absolute atomic E-state index is 12.9. The van der Waals surface area contributed by atoms with Gasteiger partial charge in [0, 0.05) is 12.7 Å². The van der Waals surface area contributed by atoms with Gasteiger partial charge in [-0.2, -0.15) is 0 Å². The number of halogens is 1. The van der Waals surface area contributed by atoms with Crippen molar-refractivity contribution in [2.45, 2.75) is 51.7 Å². The third-order valence-corrected chi connectivity index (χ3v) is 7.00. The molecule has 35 heavy (non-hydrogen) atoms. The zero-order valence-corrected chi connectivity index (χ0v) is 22.3. The van der Waals surface area contributed by atoms with E-state index < -0.39 is 0 Å². The highest BCUT2D eigenvalue weighted by molar-refractivity contribution is 7.99. The molecular formula is C26H32ClN5O2S. The second-order valence-electron chi connectivity index (χ2n) is 8.83. The molecule has 0 fully saturated rings. The number of hydrogen-bond donors (Lipinski definition) is 2. The molecule has 1 heterocycles. The van der Waals surface area contributed by atoms with Crippen molar-refractivity contribution in [3.8, 4) is 0 Å². The molecule has 0 unspecified atom stereocenters. The summed E-state index contributed by atoms with van der Waals surface area (Å²) in [4.78, 5) is 25.6. The van der Waals surface area contributed by atoms with E-state index in [4.69, 9.17) is 11.6 Å². The predicted molar refractivity (Wildman–Crippen MR) is 142 cm³/mol. The van der Waals surface area contributed by atoms with Crippen LogP contribution in [0, 0.1) is 12.8 Å². The lowest BCUT2D eigenvalue weighted by Crippen LogP contribution is -2.31.